The Morgan fingerprint density at radius 3 is 2.50 bits per heavy atom. The second-order valence-electron chi connectivity index (χ2n) is 4.63. The number of ether oxygens (including phenoxy) is 1. The van der Waals surface area contributed by atoms with Gasteiger partial charge in [0.05, 0.1) is 0 Å². The summed E-state index contributed by atoms with van der Waals surface area (Å²) in [4.78, 5) is 13.0. The molecule has 1 rings (SSSR count). The number of thiophene rings is 1. The van der Waals surface area contributed by atoms with Crippen molar-refractivity contribution in [2.45, 2.75) is 39.2 Å². The number of carboxylic acids is 1. The highest BCUT2D eigenvalue weighted by Gasteiger charge is 2.24. The van der Waals surface area contributed by atoms with Gasteiger partial charge in [-0.05, 0) is 24.5 Å². The molecule has 3 nitrogen and oxygen atoms in total. The van der Waals surface area contributed by atoms with Gasteiger partial charge in [-0.3, -0.25) is 0 Å². The number of aliphatic carboxylic acids is 1. The van der Waals surface area contributed by atoms with Gasteiger partial charge in [-0.2, -0.15) is 0 Å². The Bertz CT molecular complexity index is 363. The standard InChI is InChI=1S/C12H18O3S/c1-5-15-10(11(13)14)8-6-7-9(16-8)12(2,3)4/h6-7,10H,5H2,1-4H3,(H,13,14). The van der Waals surface area contributed by atoms with E-state index in [4.69, 9.17) is 9.84 Å². The average molecular weight is 242 g/mol. The first-order chi connectivity index (χ1) is 7.36. The average Bonchev–Trinajstić information content (AvgIpc) is 2.61. The zero-order chi connectivity index (χ0) is 12.3. The van der Waals surface area contributed by atoms with Crippen LogP contribution in [0.2, 0.25) is 0 Å². The second-order valence-corrected chi connectivity index (χ2v) is 5.74. The van der Waals surface area contributed by atoms with Gasteiger partial charge in [-0.25, -0.2) is 4.79 Å². The topological polar surface area (TPSA) is 46.5 Å². The Morgan fingerprint density at radius 1 is 1.50 bits per heavy atom. The minimum atomic E-state index is -0.927. The lowest BCUT2D eigenvalue weighted by Crippen LogP contribution is -2.14. The summed E-state index contributed by atoms with van der Waals surface area (Å²) >= 11 is 1.51. The summed E-state index contributed by atoms with van der Waals surface area (Å²) in [5.41, 5.74) is 0.0538. The molecule has 16 heavy (non-hydrogen) atoms. The van der Waals surface area contributed by atoms with Gasteiger partial charge in [0, 0.05) is 16.4 Å². The molecule has 1 aromatic heterocycles. The first kappa shape index (κ1) is 13.2. The first-order valence-electron chi connectivity index (χ1n) is 5.31. The molecule has 90 valence electrons. The van der Waals surface area contributed by atoms with Crippen molar-refractivity contribution in [3.8, 4) is 0 Å². The molecular weight excluding hydrogens is 224 g/mol. The maximum Gasteiger partial charge on any atom is 0.338 e. The smallest absolute Gasteiger partial charge is 0.338 e. The lowest BCUT2D eigenvalue weighted by atomic mass is 9.95. The molecule has 0 aliphatic rings. The molecule has 0 aliphatic heterocycles. The van der Waals surface area contributed by atoms with E-state index in [-0.39, 0.29) is 5.41 Å². The molecule has 1 N–H and O–H groups in total. The van der Waals surface area contributed by atoms with Crippen molar-refractivity contribution in [1.82, 2.24) is 0 Å². The van der Waals surface area contributed by atoms with Gasteiger partial charge in [0.25, 0.3) is 0 Å². The Kier molecular flexibility index (Phi) is 4.10. The fourth-order valence-corrected chi connectivity index (χ4v) is 2.45. The van der Waals surface area contributed by atoms with Crippen molar-refractivity contribution in [3.63, 3.8) is 0 Å². The molecule has 4 heteroatoms. The van der Waals surface area contributed by atoms with E-state index >= 15 is 0 Å². The van der Waals surface area contributed by atoms with Crippen LogP contribution < -0.4 is 0 Å². The molecule has 0 aliphatic carbocycles. The molecule has 0 saturated heterocycles. The Morgan fingerprint density at radius 2 is 2.12 bits per heavy atom. The highest BCUT2D eigenvalue weighted by atomic mass is 32.1. The molecule has 1 unspecified atom stereocenters. The lowest BCUT2D eigenvalue weighted by Gasteiger charge is -2.16. The molecule has 0 aromatic carbocycles. The van der Waals surface area contributed by atoms with Gasteiger partial charge >= 0.3 is 5.97 Å². The van der Waals surface area contributed by atoms with Crippen LogP contribution in [0.3, 0.4) is 0 Å². The summed E-state index contributed by atoms with van der Waals surface area (Å²) in [7, 11) is 0. The first-order valence-corrected chi connectivity index (χ1v) is 6.12. The summed E-state index contributed by atoms with van der Waals surface area (Å²) in [6.07, 6.45) is -0.828. The molecule has 1 heterocycles. The molecule has 0 fully saturated rings. The van der Waals surface area contributed by atoms with Gasteiger partial charge in [-0.1, -0.05) is 20.8 Å². The summed E-state index contributed by atoms with van der Waals surface area (Å²) in [6.45, 7) is 8.53. The zero-order valence-corrected chi connectivity index (χ0v) is 10.9. The minimum Gasteiger partial charge on any atom is -0.479 e. The van der Waals surface area contributed by atoms with Gasteiger partial charge in [-0.15, -0.1) is 11.3 Å². The Balaban J connectivity index is 2.95. The largest absolute Gasteiger partial charge is 0.479 e. The van der Waals surface area contributed by atoms with E-state index in [1.807, 2.05) is 12.1 Å². The van der Waals surface area contributed by atoms with Crippen molar-refractivity contribution >= 4 is 17.3 Å². The van der Waals surface area contributed by atoms with E-state index in [1.54, 1.807) is 6.92 Å². The minimum absolute atomic E-state index is 0.0538. The van der Waals surface area contributed by atoms with E-state index < -0.39 is 12.1 Å². The molecule has 0 spiro atoms. The van der Waals surface area contributed by atoms with Crippen molar-refractivity contribution in [1.29, 1.82) is 0 Å². The van der Waals surface area contributed by atoms with Crippen molar-refractivity contribution in [2.24, 2.45) is 0 Å². The molecule has 0 amide bonds. The van der Waals surface area contributed by atoms with Crippen molar-refractivity contribution < 1.29 is 14.6 Å². The highest BCUT2D eigenvalue weighted by Crippen LogP contribution is 2.33. The van der Waals surface area contributed by atoms with Crippen molar-refractivity contribution in [3.05, 3.63) is 21.9 Å². The van der Waals surface area contributed by atoms with Gasteiger partial charge < -0.3 is 9.84 Å². The zero-order valence-electron chi connectivity index (χ0n) is 10.1. The molecule has 0 saturated carbocycles. The monoisotopic (exact) mass is 242 g/mol. The maximum absolute atomic E-state index is 11.0. The third-order valence-corrected chi connectivity index (χ3v) is 3.74. The lowest BCUT2D eigenvalue weighted by molar-refractivity contribution is -0.150. The van der Waals surface area contributed by atoms with Crippen LogP contribution in [0.25, 0.3) is 0 Å². The van der Waals surface area contributed by atoms with Crippen molar-refractivity contribution in [2.75, 3.05) is 6.61 Å². The number of carboxylic acid groups (broad SMARTS) is 1. The predicted molar refractivity (Wildman–Crippen MR) is 65.0 cm³/mol. The maximum atomic E-state index is 11.0. The van der Waals surface area contributed by atoms with Crippen LogP contribution in [-0.4, -0.2) is 17.7 Å². The van der Waals surface area contributed by atoms with E-state index in [9.17, 15) is 4.79 Å². The third kappa shape index (κ3) is 3.06. The highest BCUT2D eigenvalue weighted by molar-refractivity contribution is 7.12. The summed E-state index contributed by atoms with van der Waals surface area (Å²) in [5, 5.41) is 9.05. The van der Waals surface area contributed by atoms with Gasteiger partial charge in [0.2, 0.25) is 0 Å². The van der Waals surface area contributed by atoms with E-state index in [2.05, 4.69) is 20.8 Å². The fraction of sp³-hybridized carbons (Fsp3) is 0.583. The molecule has 1 atom stereocenters. The number of hydrogen-bond donors (Lipinski definition) is 1. The summed E-state index contributed by atoms with van der Waals surface area (Å²) in [5.74, 6) is -0.927. The number of rotatable bonds is 4. The van der Waals surface area contributed by atoms with Gasteiger partial charge in [0.1, 0.15) is 0 Å². The Labute approximate surface area is 100 Å². The fourth-order valence-electron chi connectivity index (χ4n) is 1.34. The molecular formula is C12H18O3S. The summed E-state index contributed by atoms with van der Waals surface area (Å²) < 4.78 is 5.23. The molecule has 0 bridgehead atoms. The van der Waals surface area contributed by atoms with E-state index in [0.29, 0.717) is 6.61 Å². The van der Waals surface area contributed by atoms with Crippen LogP contribution in [0.5, 0.6) is 0 Å². The summed E-state index contributed by atoms with van der Waals surface area (Å²) in [6, 6.07) is 3.83. The van der Waals surface area contributed by atoms with Crippen LogP contribution in [-0.2, 0) is 14.9 Å². The third-order valence-electron chi connectivity index (χ3n) is 2.18. The van der Waals surface area contributed by atoms with Gasteiger partial charge in [0.15, 0.2) is 6.10 Å². The molecule has 0 radical (unpaired) electrons. The number of carbonyl (C=O) groups is 1. The van der Waals surface area contributed by atoms with Crippen LogP contribution in [0, 0.1) is 0 Å². The van der Waals surface area contributed by atoms with Crippen LogP contribution >= 0.6 is 11.3 Å². The number of hydrogen-bond acceptors (Lipinski definition) is 3. The van der Waals surface area contributed by atoms with E-state index in [1.165, 1.54) is 16.2 Å². The van der Waals surface area contributed by atoms with Crippen LogP contribution in [0.1, 0.15) is 43.6 Å². The SMILES string of the molecule is CCOC(C(=O)O)c1ccc(C(C)(C)C)s1. The van der Waals surface area contributed by atoms with Crippen LogP contribution in [0.4, 0.5) is 0 Å². The second kappa shape index (κ2) is 4.97. The normalized spacial score (nSPS) is 13.8. The molecule has 1 aromatic rings. The quantitative estimate of drug-likeness (QED) is 0.882. The Hall–Kier alpha value is -0.870. The van der Waals surface area contributed by atoms with Crippen LogP contribution in [0.15, 0.2) is 12.1 Å². The van der Waals surface area contributed by atoms with E-state index in [0.717, 1.165) is 4.88 Å². The predicted octanol–water partition coefficient (Wildman–Crippen LogP) is 3.21.